The van der Waals surface area contributed by atoms with E-state index < -0.39 is 5.97 Å². The zero-order valence-electron chi connectivity index (χ0n) is 3.86. The van der Waals surface area contributed by atoms with Crippen molar-refractivity contribution in [2.24, 2.45) is 0 Å². The Kier molecular flexibility index (Phi) is 62.1. The Hall–Kier alpha value is 0.273. The van der Waals surface area contributed by atoms with Crippen molar-refractivity contribution in [2.45, 2.75) is 6.92 Å². The van der Waals surface area contributed by atoms with Crippen LogP contribution in [0.25, 0.3) is 0 Å². The SMILES string of the molecule is CC(=O)O.O.O.[Zr]. The van der Waals surface area contributed by atoms with Crippen molar-refractivity contribution in [1.82, 2.24) is 0 Å². The van der Waals surface area contributed by atoms with E-state index in [1.165, 1.54) is 0 Å². The van der Waals surface area contributed by atoms with Gasteiger partial charge >= 0.3 is 0 Å². The van der Waals surface area contributed by atoms with Crippen molar-refractivity contribution >= 4 is 5.97 Å². The van der Waals surface area contributed by atoms with E-state index in [4.69, 9.17) is 9.90 Å². The maximum Gasteiger partial charge on any atom is 0.300 e. The van der Waals surface area contributed by atoms with E-state index >= 15 is 0 Å². The summed E-state index contributed by atoms with van der Waals surface area (Å²) in [5.74, 6) is -0.833. The topological polar surface area (TPSA) is 100 Å². The minimum Gasteiger partial charge on any atom is -0.481 e. The molecule has 0 aliphatic rings. The molecule has 7 heavy (non-hydrogen) atoms. The molecule has 0 heterocycles. The molecule has 0 aromatic carbocycles. The largest absolute Gasteiger partial charge is 0.481 e. The maximum absolute atomic E-state index is 9.00. The Bertz CT molecular complexity index is 32.7. The molecule has 0 saturated carbocycles. The smallest absolute Gasteiger partial charge is 0.300 e. The third kappa shape index (κ3) is 1540. The third-order valence-electron chi connectivity index (χ3n) is 0. The van der Waals surface area contributed by atoms with E-state index in [0.29, 0.717) is 0 Å². The van der Waals surface area contributed by atoms with Crippen molar-refractivity contribution in [1.29, 1.82) is 0 Å². The van der Waals surface area contributed by atoms with Crippen molar-refractivity contribution in [3.8, 4) is 0 Å². The third-order valence-corrected chi connectivity index (χ3v) is 0. The first-order valence-electron chi connectivity index (χ1n) is 0.928. The van der Waals surface area contributed by atoms with Gasteiger partial charge in [0.25, 0.3) is 5.97 Å². The van der Waals surface area contributed by atoms with Crippen molar-refractivity contribution in [3.63, 3.8) is 0 Å². The number of aliphatic carboxylic acids is 1. The first-order chi connectivity index (χ1) is 1.73. The molecule has 0 aliphatic heterocycles. The van der Waals surface area contributed by atoms with Gasteiger partial charge in [0.15, 0.2) is 0 Å². The van der Waals surface area contributed by atoms with Gasteiger partial charge in [0, 0.05) is 33.1 Å². The van der Waals surface area contributed by atoms with Crippen LogP contribution < -0.4 is 0 Å². The Balaban J connectivity index is -0.0000000150. The average Bonchev–Trinajstić information content (AvgIpc) is 0.811. The number of carbonyl (C=O) groups is 1. The molecule has 0 saturated heterocycles. The van der Waals surface area contributed by atoms with E-state index in [1.807, 2.05) is 0 Å². The molecule has 5 N–H and O–H groups in total. The van der Waals surface area contributed by atoms with Gasteiger partial charge in [0.2, 0.25) is 0 Å². The molecule has 0 aliphatic carbocycles. The molecular formula is C2H8O4Zr. The summed E-state index contributed by atoms with van der Waals surface area (Å²) in [5.41, 5.74) is 0. The van der Waals surface area contributed by atoms with Crippen molar-refractivity contribution in [3.05, 3.63) is 0 Å². The maximum atomic E-state index is 9.00. The van der Waals surface area contributed by atoms with Gasteiger partial charge in [0.05, 0.1) is 0 Å². The van der Waals surface area contributed by atoms with Crippen LogP contribution in [-0.4, -0.2) is 22.0 Å². The second-order valence-corrected chi connectivity index (χ2v) is 0.519. The standard InChI is InChI=1S/C2H4O2.2H2O.Zr/c1-2(3)4;;;/h1H3,(H,3,4);2*1H2;. The van der Waals surface area contributed by atoms with Crippen LogP contribution in [0.4, 0.5) is 0 Å². The number of hydrogen-bond acceptors (Lipinski definition) is 1. The summed E-state index contributed by atoms with van der Waals surface area (Å²) in [4.78, 5) is 9.00. The van der Waals surface area contributed by atoms with Gasteiger partial charge in [-0.05, 0) is 0 Å². The molecule has 0 aromatic rings. The minimum absolute atomic E-state index is 0. The summed E-state index contributed by atoms with van der Waals surface area (Å²) in [6.07, 6.45) is 0. The normalized spacial score (nSPS) is 3.57. The summed E-state index contributed by atoms with van der Waals surface area (Å²) in [6, 6.07) is 0. The van der Waals surface area contributed by atoms with Gasteiger partial charge in [-0.2, -0.15) is 0 Å². The van der Waals surface area contributed by atoms with E-state index in [-0.39, 0.29) is 37.2 Å². The van der Waals surface area contributed by atoms with Crippen molar-refractivity contribution in [2.75, 3.05) is 0 Å². The van der Waals surface area contributed by atoms with Crippen LogP contribution in [-0.2, 0) is 31.0 Å². The molecule has 4 nitrogen and oxygen atoms in total. The average molecular weight is 187 g/mol. The Morgan fingerprint density at radius 2 is 1.43 bits per heavy atom. The number of carboxylic acid groups (broad SMARTS) is 1. The second kappa shape index (κ2) is 16.3. The quantitative estimate of drug-likeness (QED) is 0.496. The van der Waals surface area contributed by atoms with Crippen LogP contribution in [0, 0.1) is 0 Å². The van der Waals surface area contributed by atoms with Gasteiger partial charge < -0.3 is 16.1 Å². The summed E-state index contributed by atoms with van der Waals surface area (Å²) in [6.45, 7) is 1.08. The first kappa shape index (κ1) is 26.7. The van der Waals surface area contributed by atoms with Gasteiger partial charge in [-0.3, -0.25) is 4.79 Å². The number of carboxylic acids is 1. The van der Waals surface area contributed by atoms with Crippen LogP contribution in [0.2, 0.25) is 0 Å². The Labute approximate surface area is 60.3 Å². The fraction of sp³-hybridized carbons (Fsp3) is 0.500. The van der Waals surface area contributed by atoms with Gasteiger partial charge in [-0.15, -0.1) is 0 Å². The predicted molar refractivity (Wildman–Crippen MR) is 20.5 cm³/mol. The molecule has 0 fully saturated rings. The molecule has 0 rings (SSSR count). The summed E-state index contributed by atoms with van der Waals surface area (Å²) in [7, 11) is 0. The summed E-state index contributed by atoms with van der Waals surface area (Å²) < 4.78 is 0. The van der Waals surface area contributed by atoms with Gasteiger partial charge in [-0.25, -0.2) is 0 Å². The molecule has 0 aromatic heterocycles. The van der Waals surface area contributed by atoms with E-state index in [0.717, 1.165) is 6.92 Å². The van der Waals surface area contributed by atoms with Gasteiger partial charge in [0.1, 0.15) is 0 Å². The number of hydrogen-bond donors (Lipinski definition) is 1. The monoisotopic (exact) mass is 186 g/mol. The summed E-state index contributed by atoms with van der Waals surface area (Å²) >= 11 is 0. The molecule has 0 amide bonds. The number of rotatable bonds is 0. The van der Waals surface area contributed by atoms with Crippen LogP contribution in [0.15, 0.2) is 0 Å². The predicted octanol–water partition coefficient (Wildman–Crippen LogP) is -1.56. The van der Waals surface area contributed by atoms with E-state index in [1.54, 1.807) is 0 Å². The van der Waals surface area contributed by atoms with Crippen LogP contribution >= 0.6 is 0 Å². The van der Waals surface area contributed by atoms with Gasteiger partial charge in [-0.1, -0.05) is 0 Å². The zero-order valence-corrected chi connectivity index (χ0v) is 6.31. The Morgan fingerprint density at radius 1 is 1.43 bits per heavy atom. The molecule has 0 bridgehead atoms. The van der Waals surface area contributed by atoms with E-state index in [2.05, 4.69) is 0 Å². The van der Waals surface area contributed by atoms with Crippen LogP contribution in [0.1, 0.15) is 6.92 Å². The molecule has 5 heteroatoms. The second-order valence-electron chi connectivity index (χ2n) is 0.519. The molecule has 44 valence electrons. The van der Waals surface area contributed by atoms with Crippen molar-refractivity contribution < 1.29 is 47.1 Å². The fourth-order valence-electron chi connectivity index (χ4n) is 0. The molecule has 0 radical (unpaired) electrons. The first-order valence-corrected chi connectivity index (χ1v) is 0.928. The Morgan fingerprint density at radius 3 is 1.43 bits per heavy atom. The van der Waals surface area contributed by atoms with Crippen LogP contribution in [0.3, 0.4) is 0 Å². The summed E-state index contributed by atoms with van der Waals surface area (Å²) in [5, 5.41) is 7.42. The fourth-order valence-corrected chi connectivity index (χ4v) is 0. The zero-order chi connectivity index (χ0) is 3.58. The van der Waals surface area contributed by atoms with Crippen LogP contribution in [0.5, 0.6) is 0 Å². The molecular weight excluding hydrogens is 179 g/mol. The molecule has 0 unspecified atom stereocenters. The van der Waals surface area contributed by atoms with E-state index in [9.17, 15) is 0 Å². The molecule has 0 spiro atoms. The molecule has 0 atom stereocenters. The minimum atomic E-state index is -0.833.